The summed E-state index contributed by atoms with van der Waals surface area (Å²) < 4.78 is 0. The van der Waals surface area contributed by atoms with Crippen molar-refractivity contribution in [3.63, 3.8) is 0 Å². The van der Waals surface area contributed by atoms with Gasteiger partial charge in [0.05, 0.1) is 0 Å². The zero-order chi connectivity index (χ0) is 2.71. The van der Waals surface area contributed by atoms with Crippen LogP contribution < -0.4 is 47.3 Å². The first-order chi connectivity index (χ1) is 1.41. The van der Waals surface area contributed by atoms with Gasteiger partial charge in [0.15, 0.2) is 0 Å². The Morgan fingerprint density at radius 1 is 1.20 bits per heavy atom. The minimum Gasteiger partial charge on any atom is -1.00 e. The molecule has 0 radical (unpaired) electrons. The average molecular weight is 104 g/mol. The van der Waals surface area contributed by atoms with Gasteiger partial charge in [0.2, 0.25) is 0 Å². The Kier molecular flexibility index (Phi) is 61.1. The summed E-state index contributed by atoms with van der Waals surface area (Å²) in [6.45, 7) is 0. The van der Waals surface area contributed by atoms with Crippen molar-refractivity contribution >= 4 is 0 Å². The average Bonchev–Trinajstić information content (AvgIpc) is 0.918. The van der Waals surface area contributed by atoms with Crippen LogP contribution in [0.4, 0.5) is 0 Å². The van der Waals surface area contributed by atoms with E-state index in [2.05, 4.69) is 5.32 Å². The van der Waals surface area contributed by atoms with E-state index < -0.39 is 0 Å². The molecule has 5 heavy (non-hydrogen) atoms. The molecule has 0 aromatic rings. The van der Waals surface area contributed by atoms with E-state index in [0.717, 1.165) is 0 Å². The van der Waals surface area contributed by atoms with Crippen LogP contribution in [0.15, 0.2) is 0 Å². The van der Waals surface area contributed by atoms with Crippen molar-refractivity contribution in [2.24, 2.45) is 0 Å². The Balaban J connectivity index is -0.0000000200. The molecule has 0 atom stereocenters. The van der Waals surface area contributed by atoms with Gasteiger partial charge in [-0.1, -0.05) is 0 Å². The minimum absolute atomic E-state index is 0. The van der Waals surface area contributed by atoms with Crippen LogP contribution in [0.5, 0.6) is 0 Å². The smallest absolute Gasteiger partial charge is 1.00 e. The van der Waals surface area contributed by atoms with Gasteiger partial charge in [-0.05, 0) is 14.1 Å². The maximum Gasteiger partial charge on any atom is 1.00 e. The molecule has 0 unspecified atom stereocenters. The SMILES string of the molecule is CNC.[Cl-].[Na+]. The van der Waals surface area contributed by atoms with Gasteiger partial charge in [-0.3, -0.25) is 0 Å². The molecule has 0 fully saturated rings. The van der Waals surface area contributed by atoms with Gasteiger partial charge < -0.3 is 17.7 Å². The number of halogens is 1. The third kappa shape index (κ3) is 35.5. The fraction of sp³-hybridized carbons (Fsp3) is 1.00. The third-order valence-corrected chi connectivity index (χ3v) is 0. The molecule has 0 rings (SSSR count). The van der Waals surface area contributed by atoms with E-state index >= 15 is 0 Å². The first-order valence-corrected chi connectivity index (χ1v) is 1.00. The van der Waals surface area contributed by atoms with Crippen LogP contribution in [0.25, 0.3) is 0 Å². The Hall–Kier alpha value is 1.25. The Morgan fingerprint density at radius 3 is 1.20 bits per heavy atom. The largest absolute Gasteiger partial charge is 1.00 e. The molecule has 0 aliphatic carbocycles. The Labute approximate surface area is 61.2 Å². The van der Waals surface area contributed by atoms with Gasteiger partial charge in [-0.25, -0.2) is 0 Å². The number of hydrogen-bond donors (Lipinski definition) is 1. The maximum absolute atomic E-state index is 2.75. The zero-order valence-electron chi connectivity index (χ0n) is 3.88. The number of rotatable bonds is 0. The van der Waals surface area contributed by atoms with Gasteiger partial charge in [0, 0.05) is 0 Å². The van der Waals surface area contributed by atoms with E-state index in [0.29, 0.717) is 0 Å². The van der Waals surface area contributed by atoms with Gasteiger partial charge >= 0.3 is 29.6 Å². The summed E-state index contributed by atoms with van der Waals surface area (Å²) in [6.07, 6.45) is 0. The van der Waals surface area contributed by atoms with E-state index in [1.165, 1.54) is 0 Å². The normalized spacial score (nSPS) is 3.60. The van der Waals surface area contributed by atoms with Crippen LogP contribution in [0, 0.1) is 0 Å². The molecule has 0 aromatic heterocycles. The molecule has 28 valence electrons. The van der Waals surface area contributed by atoms with Crippen molar-refractivity contribution in [2.75, 3.05) is 14.1 Å². The molecule has 0 bridgehead atoms. The second kappa shape index (κ2) is 18.7. The van der Waals surface area contributed by atoms with Gasteiger partial charge in [-0.2, -0.15) is 0 Å². The quantitative estimate of drug-likeness (QED) is 0.301. The molecule has 0 aliphatic rings. The van der Waals surface area contributed by atoms with Gasteiger partial charge in [0.1, 0.15) is 0 Å². The Bertz CT molecular complexity index is 9.61. The molecule has 0 amide bonds. The van der Waals surface area contributed by atoms with E-state index in [-0.39, 0.29) is 42.0 Å². The van der Waals surface area contributed by atoms with E-state index in [9.17, 15) is 0 Å². The predicted molar refractivity (Wildman–Crippen MR) is 15.0 cm³/mol. The molecule has 0 saturated carbocycles. The van der Waals surface area contributed by atoms with Gasteiger partial charge in [0.25, 0.3) is 0 Å². The van der Waals surface area contributed by atoms with E-state index in [1.807, 2.05) is 14.1 Å². The van der Waals surface area contributed by atoms with Crippen molar-refractivity contribution < 1.29 is 42.0 Å². The zero-order valence-corrected chi connectivity index (χ0v) is 6.63. The van der Waals surface area contributed by atoms with Crippen molar-refractivity contribution in [2.45, 2.75) is 0 Å². The van der Waals surface area contributed by atoms with Crippen LogP contribution in [0.1, 0.15) is 0 Å². The van der Waals surface area contributed by atoms with Crippen LogP contribution in [-0.4, -0.2) is 14.1 Å². The molecule has 1 N–H and O–H groups in total. The fourth-order valence-electron chi connectivity index (χ4n) is 0. The summed E-state index contributed by atoms with van der Waals surface area (Å²) >= 11 is 0. The van der Waals surface area contributed by atoms with Crippen LogP contribution in [0.3, 0.4) is 0 Å². The molecule has 1 nitrogen and oxygen atoms in total. The monoisotopic (exact) mass is 103 g/mol. The third-order valence-electron chi connectivity index (χ3n) is 0. The molecule has 0 heterocycles. The van der Waals surface area contributed by atoms with Crippen LogP contribution in [-0.2, 0) is 0 Å². The summed E-state index contributed by atoms with van der Waals surface area (Å²) in [4.78, 5) is 0. The van der Waals surface area contributed by atoms with Crippen molar-refractivity contribution in [1.82, 2.24) is 5.32 Å². The fourth-order valence-corrected chi connectivity index (χ4v) is 0. The molecule has 0 aliphatic heterocycles. The topological polar surface area (TPSA) is 12.0 Å². The van der Waals surface area contributed by atoms with Crippen molar-refractivity contribution in [1.29, 1.82) is 0 Å². The van der Waals surface area contributed by atoms with Crippen molar-refractivity contribution in [3.05, 3.63) is 0 Å². The maximum atomic E-state index is 2.75. The summed E-state index contributed by atoms with van der Waals surface area (Å²) in [7, 11) is 3.75. The second-order valence-electron chi connectivity index (χ2n) is 0.500. The van der Waals surface area contributed by atoms with Crippen LogP contribution >= 0.6 is 0 Å². The number of nitrogens with one attached hydrogen (secondary N) is 1. The van der Waals surface area contributed by atoms with Gasteiger partial charge in [-0.15, -0.1) is 0 Å². The minimum atomic E-state index is 0. The molecule has 0 saturated heterocycles. The molecule has 0 aromatic carbocycles. The summed E-state index contributed by atoms with van der Waals surface area (Å²) in [6, 6.07) is 0. The Morgan fingerprint density at radius 2 is 1.20 bits per heavy atom. The van der Waals surface area contributed by atoms with E-state index in [1.54, 1.807) is 0 Å². The van der Waals surface area contributed by atoms with E-state index in [4.69, 9.17) is 0 Å². The second-order valence-corrected chi connectivity index (χ2v) is 0.500. The first kappa shape index (κ1) is 16.3. The summed E-state index contributed by atoms with van der Waals surface area (Å²) in [5.74, 6) is 0. The standard InChI is InChI=1S/C2H7N.ClH.Na/c1-3-2;;/h3H,1-2H3;1H;/q;;+1/p-1. The number of hydrogen-bond acceptors (Lipinski definition) is 1. The molecule has 0 spiro atoms. The molecular formula is C2H7ClNNa. The summed E-state index contributed by atoms with van der Waals surface area (Å²) in [5, 5.41) is 2.75. The van der Waals surface area contributed by atoms with Crippen LogP contribution in [0.2, 0.25) is 0 Å². The molecular weight excluding hydrogens is 96.5 g/mol. The summed E-state index contributed by atoms with van der Waals surface area (Å²) in [5.41, 5.74) is 0. The van der Waals surface area contributed by atoms with Crippen molar-refractivity contribution in [3.8, 4) is 0 Å². The molecule has 3 heteroatoms. The predicted octanol–water partition coefficient (Wildman–Crippen LogP) is -6.16. The first-order valence-electron chi connectivity index (χ1n) is 1.00.